The smallest absolute Gasteiger partial charge is 0.234 e. The summed E-state index contributed by atoms with van der Waals surface area (Å²) in [5, 5.41) is 0. The van der Waals surface area contributed by atoms with E-state index in [1.54, 1.807) is 0 Å². The van der Waals surface area contributed by atoms with E-state index in [1.807, 2.05) is 12.2 Å². The molecule has 2 saturated carbocycles. The number of likely N-dealkylation sites (tertiary alicyclic amines) is 1. The zero-order valence-electron chi connectivity index (χ0n) is 14.7. The van der Waals surface area contributed by atoms with Crippen LogP contribution in [-0.2, 0) is 14.3 Å². The molecule has 5 heteroatoms. The molecule has 0 bridgehead atoms. The van der Waals surface area contributed by atoms with Crippen molar-refractivity contribution in [3.8, 4) is 0 Å². The van der Waals surface area contributed by atoms with Crippen molar-refractivity contribution in [2.75, 3.05) is 20.3 Å². The van der Waals surface area contributed by atoms with Gasteiger partial charge in [0.2, 0.25) is 11.8 Å². The Morgan fingerprint density at radius 2 is 1.83 bits per heavy atom. The molecule has 1 aliphatic heterocycles. The molecular weight excluding hydrogens is 304 g/mol. The topological polar surface area (TPSA) is 49.9 Å². The largest absolute Gasteiger partial charge is 0.378 e. The van der Waals surface area contributed by atoms with Gasteiger partial charge in [0, 0.05) is 18.1 Å². The first-order valence-corrected chi connectivity index (χ1v) is 9.40. The van der Waals surface area contributed by atoms with E-state index in [0.29, 0.717) is 18.8 Å². The normalized spacial score (nSPS) is 36.9. The van der Waals surface area contributed by atoms with Gasteiger partial charge in [-0.15, -0.1) is 0 Å². The second kappa shape index (κ2) is 5.95. The van der Waals surface area contributed by atoms with Gasteiger partial charge in [0.25, 0.3) is 0 Å². The lowest BCUT2D eigenvalue weighted by Crippen LogP contribution is -2.68. The molecule has 4 aliphatic rings. The number of allylic oxidation sites excluding steroid dienone is 2. The highest BCUT2D eigenvalue weighted by atomic mass is 16.5. The third-order valence-corrected chi connectivity index (χ3v) is 6.89. The van der Waals surface area contributed by atoms with Crippen LogP contribution < -0.4 is 0 Å². The van der Waals surface area contributed by atoms with Gasteiger partial charge in [-0.1, -0.05) is 18.6 Å². The molecule has 1 saturated heterocycles. The highest BCUT2D eigenvalue weighted by Gasteiger charge is 2.60. The Morgan fingerprint density at radius 1 is 1.21 bits per heavy atom. The van der Waals surface area contributed by atoms with Crippen LogP contribution in [0.15, 0.2) is 12.2 Å². The Labute approximate surface area is 144 Å². The molecule has 4 atom stereocenters. The predicted molar refractivity (Wildman–Crippen MR) is 89.9 cm³/mol. The van der Waals surface area contributed by atoms with E-state index in [0.717, 1.165) is 25.9 Å². The summed E-state index contributed by atoms with van der Waals surface area (Å²) in [7, 11) is 2.06. The van der Waals surface area contributed by atoms with E-state index in [1.165, 1.54) is 24.2 Å². The molecule has 0 aromatic heterocycles. The Kier molecular flexibility index (Phi) is 4.04. The van der Waals surface area contributed by atoms with Crippen LogP contribution >= 0.6 is 0 Å². The molecule has 24 heavy (non-hydrogen) atoms. The van der Waals surface area contributed by atoms with Gasteiger partial charge in [0.05, 0.1) is 24.6 Å². The van der Waals surface area contributed by atoms with Crippen LogP contribution in [0.4, 0.5) is 0 Å². The molecule has 0 aromatic rings. The van der Waals surface area contributed by atoms with Gasteiger partial charge >= 0.3 is 0 Å². The predicted octanol–water partition coefficient (Wildman–Crippen LogP) is 2.17. The van der Waals surface area contributed by atoms with Gasteiger partial charge in [0.1, 0.15) is 0 Å². The highest BCUT2D eigenvalue weighted by molar-refractivity contribution is 6.05. The third kappa shape index (κ3) is 2.21. The molecule has 0 aromatic carbocycles. The van der Waals surface area contributed by atoms with Crippen LogP contribution in [0, 0.1) is 17.3 Å². The fourth-order valence-electron chi connectivity index (χ4n) is 5.35. The summed E-state index contributed by atoms with van der Waals surface area (Å²) in [6.07, 6.45) is 10.6. The SMILES string of the molecule is CCO[C@@H]1C[C@H](N(C)CN2C(=O)[C@H]3CC=CC[C@H]3C2=O)C12CCC2. The van der Waals surface area contributed by atoms with E-state index in [2.05, 4.69) is 18.9 Å². The Morgan fingerprint density at radius 3 is 2.33 bits per heavy atom. The fourth-order valence-corrected chi connectivity index (χ4v) is 5.35. The molecular formula is C19H28N2O3. The molecule has 0 radical (unpaired) electrons. The minimum atomic E-state index is -0.119. The molecule has 3 aliphatic carbocycles. The summed E-state index contributed by atoms with van der Waals surface area (Å²) in [5.41, 5.74) is 0.269. The van der Waals surface area contributed by atoms with Crippen LogP contribution in [0.5, 0.6) is 0 Å². The van der Waals surface area contributed by atoms with Gasteiger partial charge in [-0.25, -0.2) is 0 Å². The lowest BCUT2D eigenvalue weighted by Gasteiger charge is -2.63. The van der Waals surface area contributed by atoms with E-state index in [4.69, 9.17) is 4.74 Å². The number of imide groups is 1. The second-order valence-electron chi connectivity index (χ2n) is 7.94. The number of nitrogens with zero attached hydrogens (tertiary/aromatic N) is 2. The molecule has 0 unspecified atom stereocenters. The first-order chi connectivity index (χ1) is 11.6. The standard InChI is InChI=1S/C19H28N2O3/c1-3-24-16-11-15(19(16)9-6-10-19)20(2)12-21-17(22)13-7-4-5-8-14(13)18(21)23/h4-5,13-16H,3,6-12H2,1-2H3/t13-,14+,15-,16+/m0/s1. The number of fused-ring (bicyclic) bond motifs is 1. The lowest BCUT2D eigenvalue weighted by molar-refractivity contribution is -0.204. The zero-order valence-corrected chi connectivity index (χ0v) is 14.7. The minimum Gasteiger partial charge on any atom is -0.378 e. The second-order valence-corrected chi connectivity index (χ2v) is 7.94. The number of carbonyl (C=O) groups excluding carboxylic acids is 2. The quantitative estimate of drug-likeness (QED) is 0.572. The Hall–Kier alpha value is -1.20. The van der Waals surface area contributed by atoms with E-state index in [9.17, 15) is 9.59 Å². The summed E-state index contributed by atoms with van der Waals surface area (Å²) >= 11 is 0. The summed E-state index contributed by atoms with van der Waals surface area (Å²) in [6.45, 7) is 3.26. The maximum absolute atomic E-state index is 12.6. The molecule has 132 valence electrons. The van der Waals surface area contributed by atoms with Crippen molar-refractivity contribution in [2.45, 2.75) is 57.6 Å². The third-order valence-electron chi connectivity index (χ3n) is 6.89. The fraction of sp³-hybridized carbons (Fsp3) is 0.789. The van der Waals surface area contributed by atoms with Crippen LogP contribution in [0.1, 0.15) is 45.4 Å². The highest BCUT2D eigenvalue weighted by Crippen LogP contribution is 2.59. The van der Waals surface area contributed by atoms with E-state index < -0.39 is 0 Å². The average molecular weight is 332 g/mol. The first-order valence-electron chi connectivity index (χ1n) is 9.40. The number of ether oxygens (including phenoxy) is 1. The number of carbonyl (C=O) groups is 2. The van der Waals surface area contributed by atoms with Crippen molar-refractivity contribution < 1.29 is 14.3 Å². The molecule has 1 spiro atoms. The Balaban J connectivity index is 1.43. The molecule has 0 N–H and O–H groups in total. The van der Waals surface area contributed by atoms with Crippen molar-refractivity contribution >= 4 is 11.8 Å². The van der Waals surface area contributed by atoms with Gasteiger partial charge in [-0.3, -0.25) is 19.4 Å². The van der Waals surface area contributed by atoms with Gasteiger partial charge < -0.3 is 4.74 Å². The van der Waals surface area contributed by atoms with Crippen LogP contribution in [0.2, 0.25) is 0 Å². The van der Waals surface area contributed by atoms with Crippen molar-refractivity contribution in [3.05, 3.63) is 12.2 Å². The summed E-state index contributed by atoms with van der Waals surface area (Å²) in [4.78, 5) is 29.0. The monoisotopic (exact) mass is 332 g/mol. The summed E-state index contributed by atoms with van der Waals surface area (Å²) in [6, 6.07) is 0.434. The first kappa shape index (κ1) is 16.3. The molecule has 3 fully saturated rings. The van der Waals surface area contributed by atoms with E-state index >= 15 is 0 Å². The molecule has 4 rings (SSSR count). The van der Waals surface area contributed by atoms with Gasteiger partial charge in [0.15, 0.2) is 0 Å². The van der Waals surface area contributed by atoms with Crippen molar-refractivity contribution in [3.63, 3.8) is 0 Å². The maximum Gasteiger partial charge on any atom is 0.234 e. The summed E-state index contributed by atoms with van der Waals surface area (Å²) < 4.78 is 5.92. The van der Waals surface area contributed by atoms with Gasteiger partial charge in [-0.05, 0) is 46.1 Å². The zero-order chi connectivity index (χ0) is 16.9. The molecule has 5 nitrogen and oxygen atoms in total. The summed E-state index contributed by atoms with van der Waals surface area (Å²) in [5.74, 6) is -0.175. The van der Waals surface area contributed by atoms with Crippen molar-refractivity contribution in [1.29, 1.82) is 0 Å². The average Bonchev–Trinajstić information content (AvgIpc) is 2.75. The van der Waals surface area contributed by atoms with Crippen LogP contribution in [0.3, 0.4) is 0 Å². The number of amides is 2. The lowest BCUT2D eigenvalue weighted by atomic mass is 9.50. The van der Waals surface area contributed by atoms with Crippen LogP contribution in [0.25, 0.3) is 0 Å². The van der Waals surface area contributed by atoms with Crippen LogP contribution in [-0.4, -0.2) is 54.1 Å². The minimum absolute atomic E-state index is 0.0320. The number of hydrogen-bond acceptors (Lipinski definition) is 4. The number of rotatable bonds is 5. The van der Waals surface area contributed by atoms with Crippen molar-refractivity contribution in [2.24, 2.45) is 17.3 Å². The number of hydrogen-bond donors (Lipinski definition) is 0. The maximum atomic E-state index is 12.6. The van der Waals surface area contributed by atoms with Crippen molar-refractivity contribution in [1.82, 2.24) is 9.80 Å². The van der Waals surface area contributed by atoms with Gasteiger partial charge in [-0.2, -0.15) is 0 Å². The molecule has 1 heterocycles. The Bertz CT molecular complexity index is 543. The van der Waals surface area contributed by atoms with E-state index in [-0.39, 0.29) is 29.1 Å². The molecule has 2 amide bonds.